The molecule has 0 radical (unpaired) electrons. The van der Waals surface area contributed by atoms with Gasteiger partial charge in [-0.25, -0.2) is 4.98 Å². The summed E-state index contributed by atoms with van der Waals surface area (Å²) in [4.78, 5) is 28.5. The highest BCUT2D eigenvalue weighted by Crippen LogP contribution is 2.36. The van der Waals surface area contributed by atoms with Gasteiger partial charge in [0.05, 0.1) is 11.6 Å². The van der Waals surface area contributed by atoms with Crippen LogP contribution in [0, 0.1) is 17.8 Å². The topological polar surface area (TPSA) is 79.3 Å². The Morgan fingerprint density at radius 1 is 1.35 bits per heavy atom. The number of hydrogen-bond acceptors (Lipinski definition) is 4. The number of amides is 1. The van der Waals surface area contributed by atoms with Crippen molar-refractivity contribution in [2.45, 2.75) is 39.0 Å². The normalized spacial score (nSPS) is 28.4. The minimum absolute atomic E-state index is 0.0592. The third-order valence-electron chi connectivity index (χ3n) is 4.26. The van der Waals surface area contributed by atoms with Crippen molar-refractivity contribution >= 4 is 28.3 Å². The Kier molecular flexibility index (Phi) is 3.50. The zero-order valence-corrected chi connectivity index (χ0v) is 12.2. The molecule has 5 nitrogen and oxygen atoms in total. The number of carboxylic acid groups (broad SMARTS) is 1. The van der Waals surface area contributed by atoms with Gasteiger partial charge < -0.3 is 10.4 Å². The lowest BCUT2D eigenvalue weighted by molar-refractivity contribution is -0.142. The number of nitrogens with one attached hydrogen (secondary N) is 1. The first-order chi connectivity index (χ1) is 9.52. The van der Waals surface area contributed by atoms with E-state index < -0.39 is 5.97 Å². The maximum atomic E-state index is 12.0. The van der Waals surface area contributed by atoms with Crippen LogP contribution in [0.5, 0.6) is 0 Å². The first-order valence-electron chi connectivity index (χ1n) is 7.05. The van der Waals surface area contributed by atoms with Crippen molar-refractivity contribution in [1.82, 2.24) is 4.98 Å². The lowest BCUT2D eigenvalue weighted by Gasteiger charge is -2.30. The predicted molar refractivity (Wildman–Crippen MR) is 75.8 cm³/mol. The average molecular weight is 294 g/mol. The van der Waals surface area contributed by atoms with Crippen molar-refractivity contribution in [1.29, 1.82) is 0 Å². The number of rotatable bonds is 3. The Hall–Kier alpha value is -1.43. The first kappa shape index (κ1) is 13.5. The number of aliphatic carboxylic acids is 1. The number of carboxylic acids is 1. The summed E-state index contributed by atoms with van der Waals surface area (Å²) in [6, 6.07) is 0. The zero-order chi connectivity index (χ0) is 14.3. The van der Waals surface area contributed by atoms with Crippen LogP contribution >= 0.6 is 11.3 Å². The number of carbonyl (C=O) groups excluding carboxylic acids is 1. The van der Waals surface area contributed by atoms with Crippen LogP contribution in [-0.4, -0.2) is 22.0 Å². The molecule has 1 saturated carbocycles. The molecule has 0 aromatic carbocycles. The molecule has 0 aliphatic heterocycles. The molecule has 1 atom stereocenters. The van der Waals surface area contributed by atoms with Gasteiger partial charge in [-0.15, -0.1) is 11.3 Å². The molecule has 1 aromatic heterocycles. The number of aryl methyl sites for hydroxylation is 1. The van der Waals surface area contributed by atoms with Crippen LogP contribution in [0.3, 0.4) is 0 Å². The summed E-state index contributed by atoms with van der Waals surface area (Å²) in [5.41, 5.74) is 0.853. The zero-order valence-electron chi connectivity index (χ0n) is 11.4. The fourth-order valence-electron chi connectivity index (χ4n) is 2.97. The molecular weight excluding hydrogens is 276 g/mol. The van der Waals surface area contributed by atoms with Crippen molar-refractivity contribution in [3.8, 4) is 0 Å². The van der Waals surface area contributed by atoms with E-state index in [-0.39, 0.29) is 17.7 Å². The molecule has 0 unspecified atom stereocenters. The molecule has 6 heteroatoms. The minimum atomic E-state index is -0.752. The lowest BCUT2D eigenvalue weighted by Crippen LogP contribution is -2.33. The number of carbonyl (C=O) groups is 2. The third-order valence-corrected chi connectivity index (χ3v) is 5.33. The van der Waals surface area contributed by atoms with Crippen LogP contribution in [0.2, 0.25) is 0 Å². The average Bonchev–Trinajstić information content (AvgIpc) is 2.75. The second kappa shape index (κ2) is 5.16. The third kappa shape index (κ3) is 2.57. The van der Waals surface area contributed by atoms with E-state index in [9.17, 15) is 9.59 Å². The van der Waals surface area contributed by atoms with E-state index in [2.05, 4.69) is 17.2 Å². The molecule has 2 aliphatic carbocycles. The van der Waals surface area contributed by atoms with Crippen molar-refractivity contribution in [3.63, 3.8) is 0 Å². The van der Waals surface area contributed by atoms with Gasteiger partial charge in [0.2, 0.25) is 5.91 Å². The van der Waals surface area contributed by atoms with Gasteiger partial charge in [0, 0.05) is 17.2 Å². The smallest absolute Gasteiger partial charge is 0.306 e. The van der Waals surface area contributed by atoms with Crippen LogP contribution in [0.4, 0.5) is 5.13 Å². The van der Waals surface area contributed by atoms with Gasteiger partial charge in [-0.1, -0.05) is 6.92 Å². The second-order valence-corrected chi connectivity index (χ2v) is 7.01. The molecule has 3 rings (SSSR count). The summed E-state index contributed by atoms with van der Waals surface area (Å²) >= 11 is 1.49. The van der Waals surface area contributed by atoms with Gasteiger partial charge in [-0.05, 0) is 31.6 Å². The number of fused-ring (bicyclic) bond motifs is 1. The van der Waals surface area contributed by atoms with Gasteiger partial charge >= 0.3 is 5.97 Å². The van der Waals surface area contributed by atoms with Crippen molar-refractivity contribution in [3.05, 3.63) is 10.6 Å². The molecule has 2 N–H and O–H groups in total. The maximum Gasteiger partial charge on any atom is 0.306 e. The molecule has 1 fully saturated rings. The summed E-state index contributed by atoms with van der Waals surface area (Å²) in [5, 5.41) is 12.6. The SMILES string of the molecule is CC1CC(C(=O)Nc2nc3c(s2)CC[C@H](C(=O)O)C3)C1. The van der Waals surface area contributed by atoms with E-state index in [1.165, 1.54) is 11.3 Å². The predicted octanol–water partition coefficient (Wildman–Crippen LogP) is 2.32. The Bertz CT molecular complexity index is 549. The van der Waals surface area contributed by atoms with E-state index in [1.807, 2.05) is 0 Å². The lowest BCUT2D eigenvalue weighted by atomic mass is 9.76. The van der Waals surface area contributed by atoms with Gasteiger partial charge in [-0.2, -0.15) is 0 Å². The summed E-state index contributed by atoms with van der Waals surface area (Å²) in [6.45, 7) is 2.15. The molecule has 0 spiro atoms. The van der Waals surface area contributed by atoms with E-state index in [0.29, 0.717) is 23.9 Å². The Balaban J connectivity index is 1.65. The number of hydrogen-bond donors (Lipinski definition) is 2. The minimum Gasteiger partial charge on any atom is -0.481 e. The maximum absolute atomic E-state index is 12.0. The standard InChI is InChI=1S/C14H18N2O3S/c1-7-4-9(5-7)12(17)16-14-15-10-6-8(13(18)19)2-3-11(10)20-14/h7-9H,2-6H2,1H3,(H,18,19)(H,15,16,17)/t7?,8-,9?/m0/s1. The Labute approximate surface area is 121 Å². The van der Waals surface area contributed by atoms with Crippen molar-refractivity contribution < 1.29 is 14.7 Å². The van der Waals surface area contributed by atoms with Crippen molar-refractivity contribution in [2.75, 3.05) is 5.32 Å². The van der Waals surface area contributed by atoms with Crippen LogP contribution in [-0.2, 0) is 22.4 Å². The fourth-order valence-corrected chi connectivity index (χ4v) is 3.97. The number of thiazole rings is 1. The molecule has 1 heterocycles. The van der Waals surface area contributed by atoms with Crippen LogP contribution in [0.15, 0.2) is 0 Å². The summed E-state index contributed by atoms with van der Waals surface area (Å²) in [6.07, 6.45) is 3.81. The fraction of sp³-hybridized carbons (Fsp3) is 0.643. The van der Waals surface area contributed by atoms with E-state index in [1.54, 1.807) is 0 Å². The molecule has 2 aliphatic rings. The van der Waals surface area contributed by atoms with Gasteiger partial charge in [0.25, 0.3) is 0 Å². The first-order valence-corrected chi connectivity index (χ1v) is 7.87. The second-order valence-electron chi connectivity index (χ2n) is 5.93. The number of anilines is 1. The summed E-state index contributed by atoms with van der Waals surface area (Å²) in [5.74, 6) is -0.258. The van der Waals surface area contributed by atoms with E-state index in [4.69, 9.17) is 5.11 Å². The molecule has 1 aromatic rings. The molecule has 1 amide bonds. The molecule has 0 saturated heterocycles. The highest BCUT2D eigenvalue weighted by atomic mass is 32.1. The summed E-state index contributed by atoms with van der Waals surface area (Å²) < 4.78 is 0. The Morgan fingerprint density at radius 3 is 2.75 bits per heavy atom. The monoisotopic (exact) mass is 294 g/mol. The van der Waals surface area contributed by atoms with Gasteiger partial charge in [0.15, 0.2) is 5.13 Å². The van der Waals surface area contributed by atoms with Gasteiger partial charge in [-0.3, -0.25) is 9.59 Å². The van der Waals surface area contributed by atoms with Crippen LogP contribution in [0.1, 0.15) is 36.8 Å². The van der Waals surface area contributed by atoms with E-state index in [0.717, 1.165) is 29.8 Å². The highest BCUT2D eigenvalue weighted by molar-refractivity contribution is 7.15. The largest absolute Gasteiger partial charge is 0.481 e. The van der Waals surface area contributed by atoms with Crippen LogP contribution in [0.25, 0.3) is 0 Å². The van der Waals surface area contributed by atoms with Gasteiger partial charge in [0.1, 0.15) is 0 Å². The van der Waals surface area contributed by atoms with Crippen molar-refractivity contribution in [2.24, 2.45) is 17.8 Å². The molecule has 0 bridgehead atoms. The van der Waals surface area contributed by atoms with Crippen LogP contribution < -0.4 is 5.32 Å². The molecular formula is C14H18N2O3S. The number of aromatic nitrogens is 1. The molecule has 20 heavy (non-hydrogen) atoms. The van der Waals surface area contributed by atoms with E-state index >= 15 is 0 Å². The quantitative estimate of drug-likeness (QED) is 0.896. The highest BCUT2D eigenvalue weighted by Gasteiger charge is 2.32. The number of nitrogens with zero attached hydrogens (tertiary/aromatic N) is 1. The molecule has 108 valence electrons. The Morgan fingerprint density at radius 2 is 2.10 bits per heavy atom. The summed E-state index contributed by atoms with van der Waals surface area (Å²) in [7, 11) is 0.